The highest BCUT2D eigenvalue weighted by Crippen LogP contribution is 2.45. The van der Waals surface area contributed by atoms with Gasteiger partial charge in [-0.05, 0) is 83.6 Å². The van der Waals surface area contributed by atoms with Crippen molar-refractivity contribution in [3.8, 4) is 0 Å². The summed E-state index contributed by atoms with van der Waals surface area (Å²) in [6.45, 7) is 13.5. The zero-order valence-electron chi connectivity index (χ0n) is 40.9. The normalized spacial score (nSPS) is 19.3. The van der Waals surface area contributed by atoms with Crippen LogP contribution in [0.1, 0.15) is 124 Å². The Balaban J connectivity index is 0.000000373. The van der Waals surface area contributed by atoms with E-state index < -0.39 is 60.6 Å². The Morgan fingerprint density at radius 3 is 1.43 bits per heavy atom. The number of unbranched alkanes of at least 4 members (excludes halogenated alkanes) is 10. The molecule has 0 spiro atoms. The van der Waals surface area contributed by atoms with Crippen molar-refractivity contribution in [2.75, 3.05) is 37.9 Å². The fourth-order valence-corrected chi connectivity index (χ4v) is 9.92. The van der Waals surface area contributed by atoms with Crippen LogP contribution in [0.5, 0.6) is 0 Å². The molecule has 0 aliphatic heterocycles. The molecule has 4 rings (SSSR count). The molecule has 384 valence electrons. The summed E-state index contributed by atoms with van der Waals surface area (Å²) in [5.41, 5.74) is 3.38. The van der Waals surface area contributed by atoms with Crippen LogP contribution < -0.4 is 31.1 Å². The van der Waals surface area contributed by atoms with Crippen LogP contribution in [0.3, 0.4) is 0 Å². The van der Waals surface area contributed by atoms with Gasteiger partial charge in [-0.15, -0.1) is 13.2 Å². The lowest BCUT2D eigenvalue weighted by Gasteiger charge is -2.24. The standard InChI is InChI=1S/C27H41N3O7S.C22H33N3O5S/c1-6-20-19-27(20,29-25(33)37-26(2,3)4)24(32)30-38(34,35)22-16-13-12-15-21(22)28-18-14-10-8-7-9-11-17-23(31)36-5;1-3-17-16-22(17,23)21(27)25-31(28,29)19-13-10-9-12-18(19)24-15-11-7-5-4-6-8-14-20(26)30-2/h6,12-13,15-16,20,28H,1,7-11,14,17-19H2,2-5H3,(H,29,33)(H,30,32);3,9-10,12-13,17,24H,1,4-8,11,14-16,23H2,2H3,(H,25,27)/t20-,27-;17-,22-/m11/s1. The molecule has 2 saturated carbocycles. The predicted octanol–water partition coefficient (Wildman–Crippen LogP) is 6.99. The van der Waals surface area contributed by atoms with Crippen molar-refractivity contribution >= 4 is 61.3 Å². The number of sulfonamides is 2. The smallest absolute Gasteiger partial charge is 0.408 e. The molecule has 7 N–H and O–H groups in total. The van der Waals surface area contributed by atoms with Gasteiger partial charge in [-0.1, -0.05) is 87.8 Å². The van der Waals surface area contributed by atoms with Gasteiger partial charge in [0, 0.05) is 37.8 Å². The molecule has 0 saturated heterocycles. The average molecular weight is 1000 g/mol. The lowest BCUT2D eigenvalue weighted by Crippen LogP contribution is -2.52. The highest BCUT2D eigenvalue weighted by Gasteiger charge is 2.61. The number of hydrogen-bond donors (Lipinski definition) is 6. The van der Waals surface area contributed by atoms with Crippen LogP contribution in [0.2, 0.25) is 0 Å². The van der Waals surface area contributed by atoms with Crippen LogP contribution in [0.15, 0.2) is 83.6 Å². The topological polar surface area (TPSA) is 267 Å². The van der Waals surface area contributed by atoms with Crippen LogP contribution in [-0.2, 0) is 53.4 Å². The lowest BCUT2D eigenvalue weighted by molar-refractivity contribution is -0.141. The van der Waals surface area contributed by atoms with E-state index in [4.69, 9.17) is 10.5 Å². The van der Waals surface area contributed by atoms with Crippen molar-refractivity contribution < 1.29 is 55.0 Å². The Bertz CT molecular complexity index is 2300. The van der Waals surface area contributed by atoms with Gasteiger partial charge in [0.25, 0.3) is 31.9 Å². The molecular weight excluding hydrogens is 929 g/mol. The Labute approximate surface area is 408 Å². The molecule has 0 aromatic heterocycles. The second kappa shape index (κ2) is 27.1. The summed E-state index contributed by atoms with van der Waals surface area (Å²) in [5.74, 6) is -2.54. The number of anilines is 2. The van der Waals surface area contributed by atoms with Crippen molar-refractivity contribution in [2.45, 2.75) is 150 Å². The van der Waals surface area contributed by atoms with E-state index in [9.17, 15) is 40.8 Å². The number of nitrogens with one attached hydrogen (secondary N) is 5. The van der Waals surface area contributed by atoms with Crippen LogP contribution in [-0.4, -0.2) is 90.7 Å². The van der Waals surface area contributed by atoms with E-state index in [0.29, 0.717) is 43.7 Å². The Morgan fingerprint density at radius 1 is 0.638 bits per heavy atom. The second-order valence-electron chi connectivity index (χ2n) is 18.3. The van der Waals surface area contributed by atoms with E-state index in [2.05, 4.69) is 48.0 Å². The summed E-state index contributed by atoms with van der Waals surface area (Å²) in [4.78, 5) is 59.9. The van der Waals surface area contributed by atoms with E-state index in [1.54, 1.807) is 63.2 Å². The maximum Gasteiger partial charge on any atom is 0.408 e. The van der Waals surface area contributed by atoms with Gasteiger partial charge in [0.05, 0.1) is 25.6 Å². The molecule has 2 aliphatic rings. The van der Waals surface area contributed by atoms with Gasteiger partial charge in [-0.2, -0.15) is 0 Å². The van der Waals surface area contributed by atoms with Crippen LogP contribution in [0.4, 0.5) is 16.2 Å². The molecule has 2 aliphatic carbocycles. The van der Waals surface area contributed by atoms with Crippen molar-refractivity contribution in [3.63, 3.8) is 0 Å². The molecule has 18 nitrogen and oxygen atoms in total. The maximum atomic E-state index is 13.2. The number of rotatable bonds is 29. The van der Waals surface area contributed by atoms with Gasteiger partial charge in [0.1, 0.15) is 26.5 Å². The molecule has 69 heavy (non-hydrogen) atoms. The van der Waals surface area contributed by atoms with Crippen molar-refractivity contribution in [3.05, 3.63) is 73.8 Å². The number of methoxy groups -OCH3 is 2. The van der Waals surface area contributed by atoms with Crippen LogP contribution >= 0.6 is 0 Å². The third kappa shape index (κ3) is 18.8. The summed E-state index contributed by atoms with van der Waals surface area (Å²) in [5, 5.41) is 8.85. The SMILES string of the molecule is C=C[C@@H]1C[C@]1(N)C(=O)NS(=O)(=O)c1ccccc1NCCCCCCCCC(=O)OC.C=C[C@@H]1C[C@]1(NC(=O)OC(C)(C)C)C(=O)NS(=O)(=O)c1ccccc1NCCCCCCCCC(=O)OC. The van der Waals surface area contributed by atoms with Crippen LogP contribution in [0, 0.1) is 11.8 Å². The molecule has 20 heteroatoms. The Kier molecular flexibility index (Phi) is 22.7. The van der Waals surface area contributed by atoms with E-state index in [-0.39, 0.29) is 34.1 Å². The molecule has 3 amide bonds. The minimum absolute atomic E-state index is 0.0190. The highest BCUT2D eigenvalue weighted by atomic mass is 32.2. The number of carbonyl (C=O) groups is 5. The molecular formula is C49H74N6O12S2. The second-order valence-corrected chi connectivity index (χ2v) is 21.6. The van der Waals surface area contributed by atoms with Gasteiger partial charge in [-0.25, -0.2) is 31.1 Å². The number of carbonyl (C=O) groups excluding carboxylic acids is 5. The maximum absolute atomic E-state index is 13.2. The number of nitrogens with two attached hydrogens (primary N) is 1. The molecule has 0 heterocycles. The first-order valence-corrected chi connectivity index (χ1v) is 26.5. The number of amides is 3. The quantitative estimate of drug-likeness (QED) is 0.0208. The minimum Gasteiger partial charge on any atom is -0.469 e. The largest absolute Gasteiger partial charge is 0.469 e. The van der Waals surface area contributed by atoms with Gasteiger partial charge in [0.2, 0.25) is 0 Å². The molecule has 2 aromatic carbocycles. The van der Waals surface area contributed by atoms with Crippen molar-refractivity contribution in [1.82, 2.24) is 14.8 Å². The minimum atomic E-state index is -4.23. The lowest BCUT2D eigenvalue weighted by atomic mass is 10.1. The number of esters is 2. The van der Waals surface area contributed by atoms with E-state index in [0.717, 1.165) is 77.0 Å². The van der Waals surface area contributed by atoms with Gasteiger partial charge in [0.15, 0.2) is 0 Å². The van der Waals surface area contributed by atoms with Gasteiger partial charge < -0.3 is 35.9 Å². The number of para-hydroxylation sites is 2. The number of ether oxygens (including phenoxy) is 3. The number of hydrogen-bond acceptors (Lipinski definition) is 15. The van der Waals surface area contributed by atoms with E-state index in [1.807, 2.05) is 0 Å². The first-order valence-electron chi connectivity index (χ1n) is 23.6. The molecule has 4 atom stereocenters. The zero-order valence-corrected chi connectivity index (χ0v) is 42.5. The highest BCUT2D eigenvalue weighted by molar-refractivity contribution is 7.90. The third-order valence-electron chi connectivity index (χ3n) is 11.7. The summed E-state index contributed by atoms with van der Waals surface area (Å²) in [6, 6.07) is 12.8. The fraction of sp³-hybridized carbons (Fsp3) is 0.571. The Hall–Kier alpha value is -5.47. The third-order valence-corrected chi connectivity index (χ3v) is 14.5. The van der Waals surface area contributed by atoms with E-state index in [1.165, 1.54) is 32.4 Å². The molecule has 0 bridgehead atoms. The summed E-state index contributed by atoms with van der Waals surface area (Å²) in [7, 11) is -5.49. The summed E-state index contributed by atoms with van der Waals surface area (Å²) < 4.78 is 70.6. The Morgan fingerprint density at radius 2 is 1.04 bits per heavy atom. The van der Waals surface area contributed by atoms with Crippen molar-refractivity contribution in [1.29, 1.82) is 0 Å². The molecule has 0 radical (unpaired) electrons. The predicted molar refractivity (Wildman–Crippen MR) is 265 cm³/mol. The number of alkyl carbamates (subject to hydrolysis) is 1. The van der Waals surface area contributed by atoms with E-state index >= 15 is 0 Å². The molecule has 0 unspecified atom stereocenters. The van der Waals surface area contributed by atoms with Crippen molar-refractivity contribution in [2.24, 2.45) is 17.6 Å². The van der Waals surface area contributed by atoms with Crippen LogP contribution in [0.25, 0.3) is 0 Å². The monoisotopic (exact) mass is 1000 g/mol. The summed E-state index contributed by atoms with van der Waals surface area (Å²) >= 11 is 0. The first kappa shape index (κ1) is 57.8. The fourth-order valence-electron chi connectivity index (χ4n) is 7.47. The zero-order chi connectivity index (χ0) is 51.3. The van der Waals surface area contributed by atoms with Gasteiger partial charge >= 0.3 is 18.0 Å². The average Bonchev–Trinajstić information content (AvgIpc) is 4.21. The molecule has 2 aromatic rings. The number of benzene rings is 2. The molecule has 2 fully saturated rings. The first-order chi connectivity index (χ1) is 32.6. The summed E-state index contributed by atoms with van der Waals surface area (Å²) in [6.07, 6.45) is 15.1. The van der Waals surface area contributed by atoms with Gasteiger partial charge in [-0.3, -0.25) is 19.2 Å².